The summed E-state index contributed by atoms with van der Waals surface area (Å²) in [4.78, 5) is 35.0. The van der Waals surface area contributed by atoms with Gasteiger partial charge in [-0.25, -0.2) is 0 Å². The number of esters is 1. The van der Waals surface area contributed by atoms with E-state index < -0.39 is 5.91 Å². The summed E-state index contributed by atoms with van der Waals surface area (Å²) in [6.07, 6.45) is 4.54. The zero-order valence-corrected chi connectivity index (χ0v) is 16.4. The van der Waals surface area contributed by atoms with Crippen LogP contribution in [0.4, 0.5) is 5.69 Å². The Morgan fingerprint density at radius 1 is 1.19 bits per heavy atom. The van der Waals surface area contributed by atoms with E-state index in [0.717, 1.165) is 24.5 Å². The maximum Gasteiger partial charge on any atom is 0.306 e. The number of hydrogen-bond donors (Lipinski definition) is 2. The third kappa shape index (κ3) is 7.29. The number of rotatable bonds is 9. The van der Waals surface area contributed by atoms with Gasteiger partial charge < -0.3 is 15.4 Å². The van der Waals surface area contributed by atoms with Gasteiger partial charge in [0.15, 0.2) is 6.61 Å². The summed E-state index contributed by atoms with van der Waals surface area (Å²) < 4.78 is 5.00. The molecule has 0 spiro atoms. The average Bonchev–Trinajstić information content (AvgIpc) is 3.17. The van der Waals surface area contributed by atoms with Crippen LogP contribution in [0, 0.1) is 0 Å². The molecule has 1 atom stereocenters. The zero-order valence-electron chi connectivity index (χ0n) is 14.8. The molecule has 1 saturated heterocycles. The monoisotopic (exact) mass is 396 g/mol. The van der Waals surface area contributed by atoms with Crippen LogP contribution in [0.3, 0.4) is 0 Å². The summed E-state index contributed by atoms with van der Waals surface area (Å²) in [5.74, 6) is 0.289. The standard InChI is InChI=1S/C18H24N2O4S2/c1-19-18(23)13-6-8-14(9-7-13)20-16(21)12-24-17(22)5-3-2-4-15-10-11-25-26-15/h6-9,15H,2-5,10-12H2,1H3,(H,19,23)(H,20,21)/t15-/m0/s1. The van der Waals surface area contributed by atoms with Gasteiger partial charge in [-0.15, -0.1) is 0 Å². The van der Waals surface area contributed by atoms with Crippen molar-refractivity contribution in [1.82, 2.24) is 5.32 Å². The van der Waals surface area contributed by atoms with Crippen molar-refractivity contribution in [3.63, 3.8) is 0 Å². The summed E-state index contributed by atoms with van der Waals surface area (Å²) in [5.41, 5.74) is 1.05. The molecule has 6 nitrogen and oxygen atoms in total. The SMILES string of the molecule is CNC(=O)c1ccc(NC(=O)COC(=O)CCCC[C@H]2CCSS2)cc1. The summed E-state index contributed by atoms with van der Waals surface area (Å²) >= 11 is 0. The van der Waals surface area contributed by atoms with Crippen LogP contribution in [0.1, 0.15) is 42.5 Å². The Morgan fingerprint density at radius 2 is 1.96 bits per heavy atom. The molecule has 0 aliphatic carbocycles. The third-order valence-electron chi connectivity index (χ3n) is 3.91. The van der Waals surface area contributed by atoms with E-state index in [-0.39, 0.29) is 18.5 Å². The molecular formula is C18H24N2O4S2. The molecule has 0 aromatic heterocycles. The fraction of sp³-hybridized carbons (Fsp3) is 0.500. The molecule has 1 aliphatic heterocycles. The molecule has 0 radical (unpaired) electrons. The lowest BCUT2D eigenvalue weighted by Gasteiger charge is -2.08. The topological polar surface area (TPSA) is 84.5 Å². The number of unbranched alkanes of at least 4 members (excludes halogenated alkanes) is 1. The number of anilines is 1. The molecule has 1 heterocycles. The molecule has 1 aromatic carbocycles. The Balaban J connectivity index is 1.60. The van der Waals surface area contributed by atoms with Crippen molar-refractivity contribution in [3.05, 3.63) is 29.8 Å². The number of nitrogens with one attached hydrogen (secondary N) is 2. The summed E-state index contributed by atoms with van der Waals surface area (Å²) in [6, 6.07) is 6.48. The second-order valence-corrected chi connectivity index (χ2v) is 8.73. The molecule has 0 unspecified atom stereocenters. The zero-order chi connectivity index (χ0) is 18.8. The molecule has 142 valence electrons. The van der Waals surface area contributed by atoms with Gasteiger partial charge in [-0.1, -0.05) is 28.0 Å². The number of hydrogen-bond acceptors (Lipinski definition) is 6. The minimum atomic E-state index is -0.398. The Hall–Kier alpha value is -1.67. The fourth-order valence-electron chi connectivity index (χ4n) is 2.47. The van der Waals surface area contributed by atoms with Crippen LogP contribution >= 0.6 is 21.6 Å². The van der Waals surface area contributed by atoms with E-state index >= 15 is 0 Å². The second kappa shape index (κ2) is 11.1. The normalized spacial score (nSPS) is 16.1. The number of ether oxygens (including phenoxy) is 1. The highest BCUT2D eigenvalue weighted by molar-refractivity contribution is 8.77. The van der Waals surface area contributed by atoms with E-state index in [9.17, 15) is 14.4 Å². The Kier molecular flexibility index (Phi) is 8.84. The fourth-order valence-corrected chi connectivity index (χ4v) is 5.50. The van der Waals surface area contributed by atoms with Crippen molar-refractivity contribution in [2.45, 2.75) is 37.4 Å². The summed E-state index contributed by atoms with van der Waals surface area (Å²) in [7, 11) is 5.42. The number of amides is 2. The Morgan fingerprint density at radius 3 is 2.62 bits per heavy atom. The molecule has 1 fully saturated rings. The van der Waals surface area contributed by atoms with Crippen molar-refractivity contribution in [2.75, 3.05) is 24.7 Å². The van der Waals surface area contributed by atoms with E-state index in [1.807, 2.05) is 21.6 Å². The Bertz CT molecular complexity index is 616. The molecule has 2 amide bonds. The molecule has 1 aromatic rings. The molecule has 0 saturated carbocycles. The van der Waals surface area contributed by atoms with Gasteiger partial charge in [-0.3, -0.25) is 14.4 Å². The van der Waals surface area contributed by atoms with Crippen LogP contribution < -0.4 is 10.6 Å². The molecule has 0 bridgehead atoms. The first-order valence-electron chi connectivity index (χ1n) is 8.64. The van der Waals surface area contributed by atoms with E-state index in [1.165, 1.54) is 12.2 Å². The van der Waals surface area contributed by atoms with Crippen molar-refractivity contribution in [2.24, 2.45) is 0 Å². The number of carbonyl (C=O) groups is 3. The van der Waals surface area contributed by atoms with Crippen LogP contribution in [0.15, 0.2) is 24.3 Å². The van der Waals surface area contributed by atoms with Gasteiger partial charge >= 0.3 is 5.97 Å². The van der Waals surface area contributed by atoms with Crippen molar-refractivity contribution >= 4 is 45.1 Å². The maximum atomic E-state index is 11.8. The molecule has 1 aliphatic rings. The molecule has 26 heavy (non-hydrogen) atoms. The quantitative estimate of drug-likeness (QED) is 0.379. The molecule has 8 heteroatoms. The Labute approximate surface area is 161 Å². The van der Waals surface area contributed by atoms with E-state index in [4.69, 9.17) is 4.74 Å². The average molecular weight is 397 g/mol. The van der Waals surface area contributed by atoms with Gasteiger partial charge in [0.2, 0.25) is 0 Å². The highest BCUT2D eigenvalue weighted by Crippen LogP contribution is 2.39. The van der Waals surface area contributed by atoms with Gasteiger partial charge in [0.05, 0.1) is 0 Å². The number of benzene rings is 1. The second-order valence-electron chi connectivity index (χ2n) is 5.94. The molecule has 2 rings (SSSR count). The number of carbonyl (C=O) groups excluding carboxylic acids is 3. The van der Waals surface area contributed by atoms with Crippen LogP contribution in [0.5, 0.6) is 0 Å². The van der Waals surface area contributed by atoms with E-state index in [2.05, 4.69) is 10.6 Å². The summed E-state index contributed by atoms with van der Waals surface area (Å²) in [5, 5.41) is 5.88. The predicted octanol–water partition coefficient (Wildman–Crippen LogP) is 3.24. The third-order valence-corrected chi connectivity index (χ3v) is 6.91. The van der Waals surface area contributed by atoms with Gasteiger partial charge in [-0.05, 0) is 43.5 Å². The first-order chi connectivity index (χ1) is 12.6. The lowest BCUT2D eigenvalue weighted by atomic mass is 10.1. The first-order valence-corrected chi connectivity index (χ1v) is 11.0. The van der Waals surface area contributed by atoms with E-state index in [1.54, 1.807) is 31.3 Å². The molecular weight excluding hydrogens is 372 g/mol. The smallest absolute Gasteiger partial charge is 0.306 e. The highest BCUT2D eigenvalue weighted by Gasteiger charge is 2.16. The molecule has 2 N–H and O–H groups in total. The van der Waals surface area contributed by atoms with Crippen LogP contribution in [0.25, 0.3) is 0 Å². The lowest BCUT2D eigenvalue weighted by molar-refractivity contribution is -0.147. The van der Waals surface area contributed by atoms with Gasteiger partial charge in [0, 0.05) is 35.7 Å². The van der Waals surface area contributed by atoms with Crippen LogP contribution in [-0.2, 0) is 14.3 Å². The maximum absolute atomic E-state index is 11.8. The van der Waals surface area contributed by atoms with Crippen LogP contribution in [-0.4, -0.2) is 42.4 Å². The van der Waals surface area contributed by atoms with Crippen molar-refractivity contribution in [3.8, 4) is 0 Å². The van der Waals surface area contributed by atoms with Crippen molar-refractivity contribution < 1.29 is 19.1 Å². The van der Waals surface area contributed by atoms with Gasteiger partial charge in [-0.2, -0.15) is 0 Å². The van der Waals surface area contributed by atoms with Gasteiger partial charge in [0.1, 0.15) is 0 Å². The van der Waals surface area contributed by atoms with Crippen LogP contribution in [0.2, 0.25) is 0 Å². The van der Waals surface area contributed by atoms with Crippen molar-refractivity contribution in [1.29, 1.82) is 0 Å². The summed E-state index contributed by atoms with van der Waals surface area (Å²) in [6.45, 7) is -0.300. The first kappa shape index (κ1) is 20.6. The van der Waals surface area contributed by atoms with E-state index in [0.29, 0.717) is 17.7 Å². The highest BCUT2D eigenvalue weighted by atomic mass is 33.1. The predicted molar refractivity (Wildman–Crippen MR) is 106 cm³/mol. The minimum absolute atomic E-state index is 0.193. The minimum Gasteiger partial charge on any atom is -0.456 e. The van der Waals surface area contributed by atoms with Gasteiger partial charge in [0.25, 0.3) is 11.8 Å². The lowest BCUT2D eigenvalue weighted by Crippen LogP contribution is -2.21. The largest absolute Gasteiger partial charge is 0.456 e.